The van der Waals surface area contributed by atoms with Crippen LogP contribution in [0, 0.1) is 0 Å². The van der Waals surface area contributed by atoms with Gasteiger partial charge in [-0.2, -0.15) is 23.3 Å². The van der Waals surface area contributed by atoms with Crippen molar-refractivity contribution >= 4 is 35.0 Å². The molecule has 3 rings (SSSR count). The van der Waals surface area contributed by atoms with Gasteiger partial charge in [0.1, 0.15) is 5.82 Å². The molecule has 0 radical (unpaired) electrons. The Bertz CT molecular complexity index is 1020. The Labute approximate surface area is 154 Å². The molecule has 140 valence electrons. The first kappa shape index (κ1) is 18.4. The Morgan fingerprint density at radius 2 is 2.00 bits per heavy atom. The van der Waals surface area contributed by atoms with E-state index in [9.17, 15) is 18.0 Å². The van der Waals surface area contributed by atoms with Crippen LogP contribution in [0.15, 0.2) is 24.4 Å². The number of primary amides is 1. The van der Waals surface area contributed by atoms with Crippen molar-refractivity contribution in [1.29, 1.82) is 0 Å². The molecule has 0 saturated carbocycles. The van der Waals surface area contributed by atoms with Gasteiger partial charge in [-0.15, -0.1) is 0 Å². The Morgan fingerprint density at radius 3 is 2.56 bits per heavy atom. The van der Waals surface area contributed by atoms with E-state index in [4.69, 9.17) is 23.1 Å². The number of nitrogens with zero attached hydrogens (tertiary/aromatic N) is 4. The average Bonchev–Trinajstić information content (AvgIpc) is 3.04. The number of carbonyl (C=O) groups excluding carboxylic acids is 1. The molecule has 13 heteroatoms. The van der Waals surface area contributed by atoms with Crippen LogP contribution in [0.25, 0.3) is 11.4 Å². The van der Waals surface area contributed by atoms with Crippen LogP contribution in [0.3, 0.4) is 0 Å². The molecule has 1 amide bonds. The summed E-state index contributed by atoms with van der Waals surface area (Å²) in [6, 6.07) is 4.36. The van der Waals surface area contributed by atoms with Gasteiger partial charge >= 0.3 is 6.18 Å². The molecular weight excluding hydrogens is 389 g/mol. The average molecular weight is 399 g/mol. The molecule has 2 aromatic heterocycles. The number of amides is 1. The molecule has 0 atom stereocenters. The van der Waals surface area contributed by atoms with Gasteiger partial charge in [-0.3, -0.25) is 9.89 Å². The Hall–Kier alpha value is -3.41. The normalized spacial score (nSPS) is 11.4. The first-order chi connectivity index (χ1) is 12.6. The summed E-state index contributed by atoms with van der Waals surface area (Å²) in [6.45, 7) is 0. The Morgan fingerprint density at radius 1 is 1.26 bits per heavy atom. The van der Waals surface area contributed by atoms with E-state index in [1.807, 2.05) is 0 Å². The summed E-state index contributed by atoms with van der Waals surface area (Å²) in [4.78, 5) is 22.4. The lowest BCUT2D eigenvalue weighted by Gasteiger charge is -2.08. The number of nitrogens with one attached hydrogen (secondary N) is 2. The number of carbonyl (C=O) groups is 1. The SMILES string of the molecule is NC(=O)c1ccc(Nc2ncc(-c3n[nH]c(C(F)(F)F)n3)c(N)n2)cc1Cl. The highest BCUT2D eigenvalue weighted by Crippen LogP contribution is 2.29. The van der Waals surface area contributed by atoms with E-state index < -0.39 is 17.9 Å². The van der Waals surface area contributed by atoms with Crippen molar-refractivity contribution in [1.82, 2.24) is 25.1 Å². The van der Waals surface area contributed by atoms with Crippen LogP contribution < -0.4 is 16.8 Å². The van der Waals surface area contributed by atoms with Gasteiger partial charge in [0.25, 0.3) is 0 Å². The Kier molecular flexibility index (Phi) is 4.57. The van der Waals surface area contributed by atoms with E-state index in [0.29, 0.717) is 5.69 Å². The van der Waals surface area contributed by atoms with Crippen LogP contribution in [0.1, 0.15) is 16.2 Å². The molecular formula is C14H10ClF3N8O. The summed E-state index contributed by atoms with van der Waals surface area (Å²) in [5.41, 5.74) is 11.5. The van der Waals surface area contributed by atoms with Crippen LogP contribution in [0.5, 0.6) is 0 Å². The first-order valence-corrected chi connectivity index (χ1v) is 7.52. The van der Waals surface area contributed by atoms with Crippen molar-refractivity contribution in [2.24, 2.45) is 5.73 Å². The predicted octanol–water partition coefficient (Wildman–Crippen LogP) is 2.36. The van der Waals surface area contributed by atoms with Gasteiger partial charge in [0.2, 0.25) is 17.7 Å². The van der Waals surface area contributed by atoms with E-state index in [0.717, 1.165) is 0 Å². The minimum absolute atomic E-state index is 0.0226. The number of halogens is 4. The van der Waals surface area contributed by atoms with Gasteiger partial charge in [0.15, 0.2) is 5.82 Å². The summed E-state index contributed by atoms with van der Waals surface area (Å²) in [5.74, 6) is -2.32. The zero-order chi connectivity index (χ0) is 19.8. The molecule has 0 aliphatic heterocycles. The third-order valence-corrected chi connectivity index (χ3v) is 3.62. The lowest BCUT2D eigenvalue weighted by atomic mass is 10.2. The molecule has 0 bridgehead atoms. The number of rotatable bonds is 4. The second-order valence-electron chi connectivity index (χ2n) is 5.18. The Balaban J connectivity index is 1.84. The minimum Gasteiger partial charge on any atom is -0.383 e. The molecule has 9 nitrogen and oxygen atoms in total. The fourth-order valence-electron chi connectivity index (χ4n) is 2.06. The van der Waals surface area contributed by atoms with Gasteiger partial charge in [0.05, 0.1) is 16.1 Å². The topological polar surface area (TPSA) is 148 Å². The fraction of sp³-hybridized carbons (Fsp3) is 0.0714. The lowest BCUT2D eigenvalue weighted by Crippen LogP contribution is -2.11. The van der Waals surface area contributed by atoms with E-state index in [2.05, 4.69) is 25.4 Å². The van der Waals surface area contributed by atoms with Crippen molar-refractivity contribution in [3.05, 3.63) is 40.8 Å². The van der Waals surface area contributed by atoms with Crippen LogP contribution in [-0.2, 0) is 6.18 Å². The zero-order valence-corrected chi connectivity index (χ0v) is 13.9. The van der Waals surface area contributed by atoms with Gasteiger partial charge < -0.3 is 16.8 Å². The summed E-state index contributed by atoms with van der Waals surface area (Å²) >= 11 is 5.95. The third kappa shape index (κ3) is 3.89. The fourth-order valence-corrected chi connectivity index (χ4v) is 2.33. The number of aromatic amines is 1. The summed E-state index contributed by atoms with van der Waals surface area (Å²) in [7, 11) is 0. The monoisotopic (exact) mass is 398 g/mol. The van der Waals surface area contributed by atoms with Crippen LogP contribution in [0.2, 0.25) is 5.02 Å². The third-order valence-electron chi connectivity index (χ3n) is 3.30. The first-order valence-electron chi connectivity index (χ1n) is 7.14. The van der Waals surface area contributed by atoms with E-state index in [-0.39, 0.29) is 33.7 Å². The largest absolute Gasteiger partial charge is 0.451 e. The maximum Gasteiger partial charge on any atom is 0.451 e. The minimum atomic E-state index is -4.67. The van der Waals surface area contributed by atoms with Gasteiger partial charge in [-0.1, -0.05) is 11.6 Å². The number of H-pyrrole nitrogens is 1. The second kappa shape index (κ2) is 6.72. The molecule has 3 aromatic rings. The van der Waals surface area contributed by atoms with E-state index in [1.165, 1.54) is 24.4 Å². The summed E-state index contributed by atoms with van der Waals surface area (Å²) in [6.07, 6.45) is -3.49. The molecule has 0 unspecified atom stereocenters. The maximum atomic E-state index is 12.6. The van der Waals surface area contributed by atoms with Gasteiger partial charge in [-0.25, -0.2) is 9.97 Å². The summed E-state index contributed by atoms with van der Waals surface area (Å²) in [5, 5.41) is 8.16. The zero-order valence-electron chi connectivity index (χ0n) is 13.2. The lowest BCUT2D eigenvalue weighted by molar-refractivity contribution is -0.144. The molecule has 1 aromatic carbocycles. The highest BCUT2D eigenvalue weighted by molar-refractivity contribution is 6.34. The van der Waals surface area contributed by atoms with Crippen LogP contribution in [-0.4, -0.2) is 31.1 Å². The van der Waals surface area contributed by atoms with Gasteiger partial charge in [-0.05, 0) is 18.2 Å². The molecule has 2 heterocycles. The van der Waals surface area contributed by atoms with Crippen molar-refractivity contribution in [2.75, 3.05) is 11.1 Å². The molecule has 0 aliphatic rings. The maximum absolute atomic E-state index is 12.6. The van der Waals surface area contributed by atoms with Gasteiger partial charge in [0, 0.05) is 11.9 Å². The quantitative estimate of drug-likeness (QED) is 0.527. The van der Waals surface area contributed by atoms with Crippen molar-refractivity contribution in [3.63, 3.8) is 0 Å². The molecule has 27 heavy (non-hydrogen) atoms. The van der Waals surface area contributed by atoms with E-state index in [1.54, 1.807) is 5.10 Å². The number of alkyl halides is 3. The van der Waals surface area contributed by atoms with Crippen molar-refractivity contribution < 1.29 is 18.0 Å². The smallest absolute Gasteiger partial charge is 0.383 e. The second-order valence-corrected chi connectivity index (χ2v) is 5.59. The van der Waals surface area contributed by atoms with E-state index >= 15 is 0 Å². The van der Waals surface area contributed by atoms with Crippen LogP contribution >= 0.6 is 11.6 Å². The predicted molar refractivity (Wildman–Crippen MR) is 90.1 cm³/mol. The number of nitrogens with two attached hydrogens (primary N) is 2. The summed E-state index contributed by atoms with van der Waals surface area (Å²) < 4.78 is 37.8. The van der Waals surface area contributed by atoms with Crippen LogP contribution in [0.4, 0.5) is 30.6 Å². The number of nitrogen functional groups attached to an aromatic ring is 1. The molecule has 0 aliphatic carbocycles. The molecule has 6 N–H and O–H groups in total. The number of hydrogen-bond acceptors (Lipinski definition) is 7. The molecule has 0 spiro atoms. The van der Waals surface area contributed by atoms with Crippen molar-refractivity contribution in [3.8, 4) is 11.4 Å². The number of aromatic nitrogens is 5. The standard InChI is InChI=1S/C14H10ClF3N8O/c15-8-3-5(1-2-6(8)10(20)27)22-13-21-4-7(9(19)23-13)11-24-12(26-25-11)14(16,17)18/h1-4H,(H2,20,27)(H,24,25,26)(H3,19,21,22,23). The highest BCUT2D eigenvalue weighted by atomic mass is 35.5. The van der Waals surface area contributed by atoms with Crippen molar-refractivity contribution in [2.45, 2.75) is 6.18 Å². The molecule has 0 fully saturated rings. The number of anilines is 3. The highest BCUT2D eigenvalue weighted by Gasteiger charge is 2.35. The molecule has 0 saturated heterocycles. The number of benzene rings is 1. The number of hydrogen-bond donors (Lipinski definition) is 4.